The van der Waals surface area contributed by atoms with Crippen LogP contribution in [0.5, 0.6) is 11.5 Å². The van der Waals surface area contributed by atoms with Gasteiger partial charge in [-0.25, -0.2) is 4.79 Å². The monoisotopic (exact) mass is 342 g/mol. The van der Waals surface area contributed by atoms with Gasteiger partial charge in [0.1, 0.15) is 11.5 Å². The lowest BCUT2D eigenvalue weighted by molar-refractivity contribution is 0.0696. The maximum Gasteiger partial charge on any atom is 0.335 e. The van der Waals surface area contributed by atoms with Crippen molar-refractivity contribution in [3.63, 3.8) is 0 Å². The number of carboxylic acids is 1. The van der Waals surface area contributed by atoms with Crippen molar-refractivity contribution in [2.75, 3.05) is 0 Å². The van der Waals surface area contributed by atoms with E-state index in [1.807, 2.05) is 42.5 Å². The molecule has 0 aliphatic heterocycles. The van der Waals surface area contributed by atoms with Crippen LogP contribution in [0.2, 0.25) is 0 Å². The highest BCUT2D eigenvalue weighted by Crippen LogP contribution is 2.31. The van der Waals surface area contributed by atoms with Crippen molar-refractivity contribution in [2.45, 2.75) is 0 Å². The number of hydrogen-bond acceptors (Lipinski definition) is 2. The number of carboxylic acid groups (broad SMARTS) is 1. The Morgan fingerprint density at radius 3 is 2.57 bits per heavy atom. The molecule has 0 amide bonds. The number of aromatic carboxylic acids is 1. The zero-order valence-corrected chi connectivity index (χ0v) is 12.5. The predicted octanol–water partition coefficient (Wildman–Crippen LogP) is 5.09. The Morgan fingerprint density at radius 2 is 1.76 bits per heavy atom. The third kappa shape index (κ3) is 2.90. The summed E-state index contributed by atoms with van der Waals surface area (Å²) in [7, 11) is 0. The van der Waals surface area contributed by atoms with E-state index >= 15 is 0 Å². The van der Waals surface area contributed by atoms with Crippen LogP contribution in [0.4, 0.5) is 0 Å². The molecule has 0 aromatic heterocycles. The molecule has 0 fully saturated rings. The van der Waals surface area contributed by atoms with E-state index in [0.717, 1.165) is 10.8 Å². The van der Waals surface area contributed by atoms with E-state index in [1.54, 1.807) is 6.07 Å². The van der Waals surface area contributed by atoms with Gasteiger partial charge in [0.15, 0.2) is 0 Å². The first-order valence-corrected chi connectivity index (χ1v) is 7.12. The van der Waals surface area contributed by atoms with E-state index in [0.29, 0.717) is 16.0 Å². The summed E-state index contributed by atoms with van der Waals surface area (Å²) in [5, 5.41) is 11.2. The van der Waals surface area contributed by atoms with Crippen LogP contribution in [0.25, 0.3) is 10.8 Å². The molecule has 3 aromatic carbocycles. The SMILES string of the molecule is O=C(O)c1cc(Br)cc(Oc2cccc3ccccc23)c1. The molecule has 0 aliphatic rings. The van der Waals surface area contributed by atoms with Gasteiger partial charge in [-0.05, 0) is 29.7 Å². The molecule has 0 saturated heterocycles. The topological polar surface area (TPSA) is 46.5 Å². The minimum absolute atomic E-state index is 0.180. The average Bonchev–Trinajstić information content (AvgIpc) is 2.47. The fourth-order valence-electron chi connectivity index (χ4n) is 2.16. The molecule has 0 heterocycles. The second kappa shape index (κ2) is 5.58. The predicted molar refractivity (Wildman–Crippen MR) is 85.1 cm³/mol. The van der Waals surface area contributed by atoms with E-state index < -0.39 is 5.97 Å². The number of halogens is 1. The van der Waals surface area contributed by atoms with Crippen molar-refractivity contribution in [3.8, 4) is 11.5 Å². The molecule has 0 saturated carbocycles. The molecule has 3 nitrogen and oxygen atoms in total. The van der Waals surface area contributed by atoms with Crippen LogP contribution in [-0.4, -0.2) is 11.1 Å². The van der Waals surface area contributed by atoms with Gasteiger partial charge in [-0.15, -0.1) is 0 Å². The lowest BCUT2D eigenvalue weighted by atomic mass is 10.1. The van der Waals surface area contributed by atoms with Crippen molar-refractivity contribution < 1.29 is 14.6 Å². The van der Waals surface area contributed by atoms with Gasteiger partial charge in [0.05, 0.1) is 5.56 Å². The van der Waals surface area contributed by atoms with Gasteiger partial charge < -0.3 is 9.84 Å². The normalized spacial score (nSPS) is 10.5. The number of ether oxygens (including phenoxy) is 1. The summed E-state index contributed by atoms with van der Waals surface area (Å²) in [4.78, 5) is 11.1. The number of rotatable bonds is 3. The summed E-state index contributed by atoms with van der Waals surface area (Å²) in [6.07, 6.45) is 0. The van der Waals surface area contributed by atoms with Crippen LogP contribution in [-0.2, 0) is 0 Å². The second-order valence-corrected chi connectivity index (χ2v) is 5.48. The van der Waals surface area contributed by atoms with E-state index in [2.05, 4.69) is 15.9 Å². The average molecular weight is 343 g/mol. The third-order valence-corrected chi connectivity index (χ3v) is 3.55. The molecule has 0 aliphatic carbocycles. The summed E-state index contributed by atoms with van der Waals surface area (Å²) in [6.45, 7) is 0. The first kappa shape index (κ1) is 13.6. The fourth-order valence-corrected chi connectivity index (χ4v) is 2.63. The molecule has 0 bridgehead atoms. The number of carbonyl (C=O) groups is 1. The zero-order valence-electron chi connectivity index (χ0n) is 10.9. The quantitative estimate of drug-likeness (QED) is 0.720. The maximum atomic E-state index is 11.1. The Kier molecular flexibility index (Phi) is 3.62. The highest BCUT2D eigenvalue weighted by Gasteiger charge is 2.09. The minimum Gasteiger partial charge on any atom is -0.478 e. The molecule has 3 rings (SSSR count). The number of benzene rings is 3. The molecule has 0 radical (unpaired) electrons. The van der Waals surface area contributed by atoms with E-state index in [4.69, 9.17) is 9.84 Å². The molecule has 0 atom stereocenters. The first-order valence-electron chi connectivity index (χ1n) is 6.33. The van der Waals surface area contributed by atoms with Crippen LogP contribution in [0.3, 0.4) is 0 Å². The Morgan fingerprint density at radius 1 is 1.00 bits per heavy atom. The van der Waals surface area contributed by atoms with Crippen molar-refractivity contribution in [2.24, 2.45) is 0 Å². The van der Waals surface area contributed by atoms with Gasteiger partial charge in [0.2, 0.25) is 0 Å². The smallest absolute Gasteiger partial charge is 0.335 e. The van der Waals surface area contributed by atoms with E-state index in [-0.39, 0.29) is 5.56 Å². The van der Waals surface area contributed by atoms with Crippen molar-refractivity contribution in [1.29, 1.82) is 0 Å². The molecule has 1 N–H and O–H groups in total. The van der Waals surface area contributed by atoms with Gasteiger partial charge in [-0.3, -0.25) is 0 Å². The second-order valence-electron chi connectivity index (χ2n) is 4.56. The van der Waals surface area contributed by atoms with Gasteiger partial charge in [-0.1, -0.05) is 52.3 Å². The fraction of sp³-hybridized carbons (Fsp3) is 0. The lowest BCUT2D eigenvalue weighted by Crippen LogP contribution is -1.97. The Bertz CT molecular complexity index is 822. The molecular formula is C17H11BrO3. The lowest BCUT2D eigenvalue weighted by Gasteiger charge is -2.10. The molecule has 0 spiro atoms. The number of hydrogen-bond donors (Lipinski definition) is 1. The van der Waals surface area contributed by atoms with Crippen molar-refractivity contribution >= 4 is 32.7 Å². The van der Waals surface area contributed by atoms with Crippen LogP contribution in [0.15, 0.2) is 65.1 Å². The molecule has 0 unspecified atom stereocenters. The largest absolute Gasteiger partial charge is 0.478 e. The Balaban J connectivity index is 2.05. The minimum atomic E-state index is -0.987. The summed E-state index contributed by atoms with van der Waals surface area (Å²) in [5.41, 5.74) is 0.180. The molecule has 104 valence electrons. The van der Waals surface area contributed by atoms with Crippen LogP contribution < -0.4 is 4.74 Å². The van der Waals surface area contributed by atoms with Gasteiger partial charge in [0, 0.05) is 9.86 Å². The highest BCUT2D eigenvalue weighted by molar-refractivity contribution is 9.10. The van der Waals surface area contributed by atoms with Crippen LogP contribution in [0.1, 0.15) is 10.4 Å². The van der Waals surface area contributed by atoms with Crippen LogP contribution in [0, 0.1) is 0 Å². The summed E-state index contributed by atoms with van der Waals surface area (Å²) in [5.74, 6) is 0.194. The van der Waals surface area contributed by atoms with Gasteiger partial charge in [0.25, 0.3) is 0 Å². The Labute approximate surface area is 129 Å². The zero-order chi connectivity index (χ0) is 14.8. The van der Waals surface area contributed by atoms with E-state index in [9.17, 15) is 4.79 Å². The molecule has 3 aromatic rings. The third-order valence-electron chi connectivity index (χ3n) is 3.10. The standard InChI is InChI=1S/C17H11BrO3/c18-13-8-12(17(19)20)9-14(10-13)21-16-7-3-5-11-4-1-2-6-15(11)16/h1-10H,(H,19,20). The van der Waals surface area contributed by atoms with Gasteiger partial charge in [-0.2, -0.15) is 0 Å². The molecule has 4 heteroatoms. The van der Waals surface area contributed by atoms with Gasteiger partial charge >= 0.3 is 5.97 Å². The summed E-state index contributed by atoms with van der Waals surface area (Å²) >= 11 is 3.30. The van der Waals surface area contributed by atoms with Crippen LogP contribution >= 0.6 is 15.9 Å². The molecular weight excluding hydrogens is 332 g/mol. The number of fused-ring (bicyclic) bond motifs is 1. The first-order chi connectivity index (χ1) is 10.1. The maximum absolute atomic E-state index is 11.1. The summed E-state index contributed by atoms with van der Waals surface area (Å²) in [6, 6.07) is 18.5. The highest BCUT2D eigenvalue weighted by atomic mass is 79.9. The molecule has 21 heavy (non-hydrogen) atoms. The van der Waals surface area contributed by atoms with E-state index in [1.165, 1.54) is 12.1 Å². The van der Waals surface area contributed by atoms with Crippen molar-refractivity contribution in [3.05, 3.63) is 70.7 Å². The Hall–Kier alpha value is -2.33. The summed E-state index contributed by atoms with van der Waals surface area (Å²) < 4.78 is 6.53. The van der Waals surface area contributed by atoms with Crippen molar-refractivity contribution in [1.82, 2.24) is 0 Å².